The molecule has 2 nitrogen and oxygen atoms in total. The highest BCUT2D eigenvalue weighted by Crippen LogP contribution is 2.29. The van der Waals surface area contributed by atoms with Crippen LogP contribution < -0.4 is 4.74 Å². The van der Waals surface area contributed by atoms with Gasteiger partial charge in [-0.2, -0.15) is 0 Å². The minimum absolute atomic E-state index is 0.384. The van der Waals surface area contributed by atoms with Crippen molar-refractivity contribution < 1.29 is 14.2 Å². The number of aryl methyl sites for hydroxylation is 1. The zero-order valence-corrected chi connectivity index (χ0v) is 12.2. The van der Waals surface area contributed by atoms with Crippen LogP contribution in [0, 0.1) is 12.7 Å². The Labute approximate surface area is 120 Å². The molecule has 0 saturated carbocycles. The van der Waals surface area contributed by atoms with Gasteiger partial charge >= 0.3 is 0 Å². The van der Waals surface area contributed by atoms with Crippen molar-refractivity contribution in [2.24, 2.45) is 0 Å². The molecule has 0 saturated heterocycles. The lowest BCUT2D eigenvalue weighted by Gasteiger charge is -2.15. The standard InChI is InChI=1S/C15H14BrFO2/c1-9-7-11(19-2)4-5-12(9)15(18)10-3-6-13(16)14(17)8-10/h3-8,15,18H,1-2H3. The summed E-state index contributed by atoms with van der Waals surface area (Å²) >= 11 is 3.09. The van der Waals surface area contributed by atoms with E-state index >= 15 is 0 Å². The Morgan fingerprint density at radius 2 is 1.95 bits per heavy atom. The van der Waals surface area contributed by atoms with Crippen LogP contribution in [-0.4, -0.2) is 12.2 Å². The summed E-state index contributed by atoms with van der Waals surface area (Å²) in [5, 5.41) is 10.3. The van der Waals surface area contributed by atoms with Crippen molar-refractivity contribution >= 4 is 15.9 Å². The molecule has 4 heteroatoms. The smallest absolute Gasteiger partial charge is 0.137 e. The first-order valence-corrected chi connectivity index (χ1v) is 6.59. The van der Waals surface area contributed by atoms with Gasteiger partial charge in [0.15, 0.2) is 0 Å². The van der Waals surface area contributed by atoms with Crippen molar-refractivity contribution in [2.75, 3.05) is 7.11 Å². The summed E-state index contributed by atoms with van der Waals surface area (Å²) in [6.45, 7) is 1.89. The normalized spacial score (nSPS) is 12.3. The molecule has 2 aromatic rings. The number of aliphatic hydroxyl groups excluding tert-OH is 1. The second-order valence-electron chi connectivity index (χ2n) is 4.30. The van der Waals surface area contributed by atoms with Crippen molar-refractivity contribution in [2.45, 2.75) is 13.0 Å². The summed E-state index contributed by atoms with van der Waals surface area (Å²) in [6.07, 6.45) is -0.853. The van der Waals surface area contributed by atoms with Gasteiger partial charge in [0.05, 0.1) is 11.6 Å². The van der Waals surface area contributed by atoms with Gasteiger partial charge in [-0.15, -0.1) is 0 Å². The third kappa shape index (κ3) is 2.96. The minimum Gasteiger partial charge on any atom is -0.497 e. The Morgan fingerprint density at radius 3 is 2.53 bits per heavy atom. The summed E-state index contributed by atoms with van der Waals surface area (Å²) in [5.74, 6) is 0.346. The van der Waals surface area contributed by atoms with E-state index < -0.39 is 6.10 Å². The van der Waals surface area contributed by atoms with E-state index in [1.165, 1.54) is 6.07 Å². The molecule has 1 atom stereocenters. The molecule has 0 radical (unpaired) electrons. The Hall–Kier alpha value is -1.39. The fourth-order valence-electron chi connectivity index (χ4n) is 1.94. The van der Waals surface area contributed by atoms with Crippen LogP contribution in [0.4, 0.5) is 4.39 Å². The van der Waals surface area contributed by atoms with Gasteiger partial charge in [-0.25, -0.2) is 4.39 Å². The number of hydrogen-bond acceptors (Lipinski definition) is 2. The monoisotopic (exact) mass is 324 g/mol. The summed E-state index contributed by atoms with van der Waals surface area (Å²) in [4.78, 5) is 0. The largest absolute Gasteiger partial charge is 0.497 e. The molecule has 0 bridgehead atoms. The summed E-state index contributed by atoms with van der Waals surface area (Å²) in [6, 6.07) is 10.0. The fourth-order valence-corrected chi connectivity index (χ4v) is 2.19. The average Bonchev–Trinajstić information content (AvgIpc) is 2.41. The molecule has 0 aliphatic heterocycles. The Kier molecular flexibility index (Phi) is 4.22. The summed E-state index contributed by atoms with van der Waals surface area (Å²) < 4.78 is 19.0. The predicted octanol–water partition coefficient (Wildman–Crippen LogP) is 3.99. The van der Waals surface area contributed by atoms with Gasteiger partial charge in [0.1, 0.15) is 17.7 Å². The van der Waals surface area contributed by atoms with E-state index in [-0.39, 0.29) is 5.82 Å². The lowest BCUT2D eigenvalue weighted by molar-refractivity contribution is 0.219. The van der Waals surface area contributed by atoms with Gasteiger partial charge in [-0.1, -0.05) is 12.1 Å². The van der Waals surface area contributed by atoms with Gasteiger partial charge in [-0.05, 0) is 63.8 Å². The second-order valence-corrected chi connectivity index (χ2v) is 5.15. The molecule has 2 aromatic carbocycles. The number of aliphatic hydroxyl groups is 1. The topological polar surface area (TPSA) is 29.5 Å². The maximum atomic E-state index is 13.5. The number of benzene rings is 2. The van der Waals surface area contributed by atoms with Crippen LogP contribution in [0.5, 0.6) is 5.75 Å². The molecule has 0 fully saturated rings. The molecule has 19 heavy (non-hydrogen) atoms. The van der Waals surface area contributed by atoms with E-state index in [4.69, 9.17) is 4.74 Å². The van der Waals surface area contributed by atoms with Crippen LogP contribution >= 0.6 is 15.9 Å². The third-order valence-electron chi connectivity index (χ3n) is 3.03. The third-order valence-corrected chi connectivity index (χ3v) is 3.67. The lowest BCUT2D eigenvalue weighted by atomic mass is 9.97. The highest BCUT2D eigenvalue weighted by molar-refractivity contribution is 9.10. The van der Waals surface area contributed by atoms with Crippen molar-refractivity contribution in [3.8, 4) is 5.75 Å². The molecule has 1 N–H and O–H groups in total. The van der Waals surface area contributed by atoms with Crippen molar-refractivity contribution in [3.63, 3.8) is 0 Å². The van der Waals surface area contributed by atoms with E-state index in [1.807, 2.05) is 13.0 Å². The van der Waals surface area contributed by atoms with E-state index in [1.54, 1.807) is 31.4 Å². The first-order chi connectivity index (χ1) is 9.02. The highest BCUT2D eigenvalue weighted by Gasteiger charge is 2.15. The van der Waals surface area contributed by atoms with Crippen LogP contribution in [0.2, 0.25) is 0 Å². The maximum Gasteiger partial charge on any atom is 0.137 e. The number of methoxy groups -OCH3 is 1. The second kappa shape index (κ2) is 5.72. The van der Waals surface area contributed by atoms with Gasteiger partial charge in [0.2, 0.25) is 0 Å². The Balaban J connectivity index is 2.38. The molecule has 2 rings (SSSR count). The SMILES string of the molecule is COc1ccc(C(O)c2ccc(Br)c(F)c2)c(C)c1. The van der Waals surface area contributed by atoms with Gasteiger partial charge in [0, 0.05) is 0 Å². The number of hydrogen-bond donors (Lipinski definition) is 1. The fraction of sp³-hybridized carbons (Fsp3) is 0.200. The van der Waals surface area contributed by atoms with Crippen molar-refractivity contribution in [1.29, 1.82) is 0 Å². The number of rotatable bonds is 3. The zero-order valence-electron chi connectivity index (χ0n) is 10.7. The maximum absolute atomic E-state index is 13.5. The Bertz CT molecular complexity index is 599. The van der Waals surface area contributed by atoms with Crippen LogP contribution in [0.15, 0.2) is 40.9 Å². The van der Waals surface area contributed by atoms with Crippen LogP contribution in [-0.2, 0) is 0 Å². The van der Waals surface area contributed by atoms with Gasteiger partial charge in [-0.3, -0.25) is 0 Å². The van der Waals surface area contributed by atoms with E-state index in [9.17, 15) is 9.50 Å². The van der Waals surface area contributed by atoms with E-state index in [2.05, 4.69) is 15.9 Å². The summed E-state index contributed by atoms with van der Waals surface area (Å²) in [5.41, 5.74) is 2.16. The van der Waals surface area contributed by atoms with E-state index in [0.29, 0.717) is 10.0 Å². The summed E-state index contributed by atoms with van der Waals surface area (Å²) in [7, 11) is 1.59. The average molecular weight is 325 g/mol. The van der Waals surface area contributed by atoms with Crippen molar-refractivity contribution in [3.05, 3.63) is 63.4 Å². The molecular weight excluding hydrogens is 311 g/mol. The number of ether oxygens (including phenoxy) is 1. The molecule has 0 aromatic heterocycles. The van der Waals surface area contributed by atoms with Crippen LogP contribution in [0.3, 0.4) is 0 Å². The molecule has 0 aliphatic rings. The van der Waals surface area contributed by atoms with Gasteiger partial charge in [0.25, 0.3) is 0 Å². The van der Waals surface area contributed by atoms with Crippen LogP contribution in [0.1, 0.15) is 22.8 Å². The molecule has 100 valence electrons. The van der Waals surface area contributed by atoms with Crippen molar-refractivity contribution in [1.82, 2.24) is 0 Å². The lowest BCUT2D eigenvalue weighted by Crippen LogP contribution is -2.03. The number of halogens is 2. The van der Waals surface area contributed by atoms with Crippen LogP contribution in [0.25, 0.3) is 0 Å². The predicted molar refractivity (Wildman–Crippen MR) is 75.9 cm³/mol. The van der Waals surface area contributed by atoms with Gasteiger partial charge < -0.3 is 9.84 Å². The Morgan fingerprint density at radius 1 is 1.21 bits per heavy atom. The highest BCUT2D eigenvalue weighted by atomic mass is 79.9. The molecule has 1 unspecified atom stereocenters. The first kappa shape index (κ1) is 14.0. The molecule has 0 heterocycles. The first-order valence-electron chi connectivity index (χ1n) is 5.80. The molecular formula is C15H14BrFO2. The molecule has 0 amide bonds. The zero-order chi connectivity index (χ0) is 14.0. The molecule has 0 spiro atoms. The van der Waals surface area contributed by atoms with E-state index in [0.717, 1.165) is 16.9 Å². The quantitative estimate of drug-likeness (QED) is 0.925. The molecule has 0 aliphatic carbocycles. The minimum atomic E-state index is -0.853.